The summed E-state index contributed by atoms with van der Waals surface area (Å²) in [7, 11) is 0. The van der Waals surface area contributed by atoms with Crippen molar-refractivity contribution in [2.24, 2.45) is 0 Å². The molecule has 0 saturated carbocycles. The molecule has 5 heteroatoms. The molecule has 0 spiro atoms. The number of hydrogen-bond acceptors (Lipinski definition) is 2. The third-order valence-electron chi connectivity index (χ3n) is 6.12. The summed E-state index contributed by atoms with van der Waals surface area (Å²) in [4.78, 5) is 0. The van der Waals surface area contributed by atoms with Crippen molar-refractivity contribution in [1.82, 2.24) is 0 Å². The normalized spacial score (nSPS) is 10.8. The first-order valence-electron chi connectivity index (χ1n) is 12.3. The van der Waals surface area contributed by atoms with Crippen LogP contribution in [-0.4, -0.2) is 13.2 Å². The van der Waals surface area contributed by atoms with Crippen LogP contribution in [0.5, 0.6) is 11.5 Å². The monoisotopic (exact) mass is 502 g/mol. The Morgan fingerprint density at radius 1 is 0.703 bits per heavy atom. The van der Waals surface area contributed by atoms with Gasteiger partial charge in [0.15, 0.2) is 11.6 Å². The average Bonchev–Trinajstić information content (AvgIpc) is 2.91. The van der Waals surface area contributed by atoms with Crippen molar-refractivity contribution in [3.05, 3.63) is 120 Å². The summed E-state index contributed by atoms with van der Waals surface area (Å²) >= 11 is 0. The molecule has 0 unspecified atom stereocenters. The number of aryl methyl sites for hydroxylation is 2. The van der Waals surface area contributed by atoms with E-state index in [9.17, 15) is 13.2 Å². The van der Waals surface area contributed by atoms with Crippen LogP contribution in [0.4, 0.5) is 13.2 Å². The fourth-order valence-corrected chi connectivity index (χ4v) is 4.11. The maximum atomic E-state index is 14.9. The fourth-order valence-electron chi connectivity index (χ4n) is 4.11. The number of ether oxygens (including phenoxy) is 2. The second kappa shape index (κ2) is 12.3. The highest BCUT2D eigenvalue weighted by Crippen LogP contribution is 2.30. The van der Waals surface area contributed by atoms with E-state index < -0.39 is 11.6 Å². The highest BCUT2D eigenvalue weighted by Gasteiger charge is 2.15. The van der Waals surface area contributed by atoms with E-state index in [4.69, 9.17) is 9.47 Å². The van der Waals surface area contributed by atoms with Crippen molar-refractivity contribution in [2.45, 2.75) is 26.2 Å². The molecule has 0 aromatic heterocycles. The minimum atomic E-state index is -0.857. The van der Waals surface area contributed by atoms with Crippen LogP contribution in [0.1, 0.15) is 24.5 Å². The zero-order valence-electron chi connectivity index (χ0n) is 20.8. The van der Waals surface area contributed by atoms with Crippen LogP contribution in [0.15, 0.2) is 91.5 Å². The third-order valence-corrected chi connectivity index (χ3v) is 6.12. The molecule has 0 saturated heterocycles. The summed E-state index contributed by atoms with van der Waals surface area (Å²) in [5.74, 6) is -0.899. The van der Waals surface area contributed by atoms with Crippen LogP contribution in [0.3, 0.4) is 0 Å². The maximum Gasteiger partial charge on any atom is 0.166 e. The average molecular weight is 503 g/mol. The van der Waals surface area contributed by atoms with E-state index >= 15 is 0 Å². The lowest BCUT2D eigenvalue weighted by Gasteiger charge is -2.11. The zero-order valence-corrected chi connectivity index (χ0v) is 20.8. The molecule has 0 radical (unpaired) electrons. The van der Waals surface area contributed by atoms with Crippen molar-refractivity contribution < 1.29 is 22.6 Å². The number of rotatable bonds is 11. The minimum absolute atomic E-state index is 0.216. The first kappa shape index (κ1) is 26.1. The molecular weight excluding hydrogens is 473 g/mol. The lowest BCUT2D eigenvalue weighted by Crippen LogP contribution is -2.00. The van der Waals surface area contributed by atoms with Crippen LogP contribution in [0.2, 0.25) is 0 Å². The van der Waals surface area contributed by atoms with Crippen LogP contribution in [-0.2, 0) is 12.8 Å². The van der Waals surface area contributed by atoms with Crippen molar-refractivity contribution in [2.75, 3.05) is 13.2 Å². The second-order valence-electron chi connectivity index (χ2n) is 8.62. The molecule has 0 fully saturated rings. The molecule has 37 heavy (non-hydrogen) atoms. The second-order valence-corrected chi connectivity index (χ2v) is 8.62. The molecule has 0 aliphatic rings. The Morgan fingerprint density at radius 2 is 1.35 bits per heavy atom. The predicted octanol–water partition coefficient (Wildman–Crippen LogP) is 8.58. The van der Waals surface area contributed by atoms with E-state index in [2.05, 4.69) is 6.58 Å². The lowest BCUT2D eigenvalue weighted by atomic mass is 9.97. The zero-order chi connectivity index (χ0) is 26.2. The molecular formula is C32H29F3O2. The smallest absolute Gasteiger partial charge is 0.166 e. The van der Waals surface area contributed by atoms with Gasteiger partial charge in [-0.25, -0.2) is 13.2 Å². The fraction of sp³-hybridized carbons (Fsp3) is 0.188. The molecule has 4 rings (SSSR count). The van der Waals surface area contributed by atoms with Gasteiger partial charge >= 0.3 is 0 Å². The van der Waals surface area contributed by atoms with Gasteiger partial charge in [-0.15, -0.1) is 6.58 Å². The summed E-state index contributed by atoms with van der Waals surface area (Å²) in [6.07, 6.45) is 3.30. The lowest BCUT2D eigenvalue weighted by molar-refractivity contribution is 0.323. The van der Waals surface area contributed by atoms with Crippen LogP contribution in [0, 0.1) is 17.5 Å². The van der Waals surface area contributed by atoms with Gasteiger partial charge in [0.2, 0.25) is 0 Å². The van der Waals surface area contributed by atoms with Gasteiger partial charge in [-0.1, -0.05) is 54.6 Å². The first-order valence-corrected chi connectivity index (χ1v) is 12.3. The molecule has 0 N–H and O–H groups in total. The first-order chi connectivity index (χ1) is 18.0. The molecule has 0 atom stereocenters. The predicted molar refractivity (Wildman–Crippen MR) is 143 cm³/mol. The highest BCUT2D eigenvalue weighted by atomic mass is 19.2. The van der Waals surface area contributed by atoms with E-state index in [-0.39, 0.29) is 11.4 Å². The third kappa shape index (κ3) is 6.42. The van der Waals surface area contributed by atoms with E-state index in [0.717, 1.165) is 11.1 Å². The topological polar surface area (TPSA) is 18.5 Å². The summed E-state index contributed by atoms with van der Waals surface area (Å²) in [5.41, 5.74) is 3.27. The number of halogens is 3. The molecule has 0 bridgehead atoms. The SMILES string of the molecule is C=CCCOc1ccc(-c2ccc(CCc3ccc(-c4ccc(OCC)cc4)c(F)c3F)cc2)c(F)c1. The van der Waals surface area contributed by atoms with Crippen molar-refractivity contribution in [1.29, 1.82) is 0 Å². The van der Waals surface area contributed by atoms with Crippen molar-refractivity contribution >= 4 is 0 Å². The number of hydrogen-bond donors (Lipinski definition) is 0. The van der Waals surface area contributed by atoms with Gasteiger partial charge in [0.1, 0.15) is 17.3 Å². The van der Waals surface area contributed by atoms with Crippen LogP contribution >= 0.6 is 0 Å². The molecule has 2 nitrogen and oxygen atoms in total. The van der Waals surface area contributed by atoms with E-state index in [0.29, 0.717) is 60.7 Å². The molecule has 0 amide bonds. The summed E-state index contributed by atoms with van der Waals surface area (Å²) < 4.78 is 55.2. The summed E-state index contributed by atoms with van der Waals surface area (Å²) in [6, 6.07) is 22.4. The molecule has 190 valence electrons. The van der Waals surface area contributed by atoms with Gasteiger partial charge in [-0.3, -0.25) is 0 Å². The Kier molecular flexibility index (Phi) is 8.68. The minimum Gasteiger partial charge on any atom is -0.494 e. The van der Waals surface area contributed by atoms with Gasteiger partial charge in [0, 0.05) is 17.2 Å². The Bertz CT molecular complexity index is 1350. The Morgan fingerprint density at radius 3 is 2.03 bits per heavy atom. The van der Waals surface area contributed by atoms with Gasteiger partial charge in [0.05, 0.1) is 13.2 Å². The summed E-state index contributed by atoms with van der Waals surface area (Å²) in [6.45, 7) is 6.51. The quantitative estimate of drug-likeness (QED) is 0.151. The van der Waals surface area contributed by atoms with E-state index in [1.54, 1.807) is 54.6 Å². The Balaban J connectivity index is 1.41. The van der Waals surface area contributed by atoms with Crippen LogP contribution < -0.4 is 9.47 Å². The largest absolute Gasteiger partial charge is 0.494 e. The molecule has 0 aliphatic carbocycles. The highest BCUT2D eigenvalue weighted by molar-refractivity contribution is 5.66. The van der Waals surface area contributed by atoms with E-state index in [1.165, 1.54) is 6.07 Å². The van der Waals surface area contributed by atoms with Gasteiger partial charge in [0.25, 0.3) is 0 Å². The van der Waals surface area contributed by atoms with Gasteiger partial charge in [-0.05, 0) is 72.7 Å². The van der Waals surface area contributed by atoms with Crippen molar-refractivity contribution in [3.8, 4) is 33.8 Å². The Hall–Kier alpha value is -3.99. The van der Waals surface area contributed by atoms with Crippen molar-refractivity contribution in [3.63, 3.8) is 0 Å². The molecule has 0 heterocycles. The van der Waals surface area contributed by atoms with Gasteiger partial charge in [-0.2, -0.15) is 0 Å². The number of benzene rings is 4. The molecule has 4 aromatic carbocycles. The molecule has 0 aliphatic heterocycles. The van der Waals surface area contributed by atoms with Crippen LogP contribution in [0.25, 0.3) is 22.3 Å². The molecule has 4 aromatic rings. The maximum absolute atomic E-state index is 14.9. The van der Waals surface area contributed by atoms with Gasteiger partial charge < -0.3 is 9.47 Å². The Labute approximate surface area is 216 Å². The summed E-state index contributed by atoms with van der Waals surface area (Å²) in [5, 5.41) is 0. The standard InChI is InChI=1S/C32H29F3O2/c1-3-5-20-37-27-17-19-28(30(33)21-27)23-9-6-22(7-10-23)8-11-25-14-18-29(32(35)31(25)34)24-12-15-26(16-13-24)36-4-2/h3,6-7,9-10,12-19,21H,1,4-5,8,11,20H2,2H3. The van der Waals surface area contributed by atoms with E-state index in [1.807, 2.05) is 31.2 Å².